The Morgan fingerprint density at radius 1 is 1.38 bits per heavy atom. The molecule has 1 amide bonds. The fourth-order valence-electron chi connectivity index (χ4n) is 4.29. The second-order valence-corrected chi connectivity index (χ2v) is 6.14. The normalized spacial score (nSPS) is 35.7. The van der Waals surface area contributed by atoms with E-state index in [0.29, 0.717) is 11.4 Å². The summed E-state index contributed by atoms with van der Waals surface area (Å²) in [6, 6.07) is 7.26. The lowest BCUT2D eigenvalue weighted by molar-refractivity contribution is -0.145. The van der Waals surface area contributed by atoms with E-state index >= 15 is 0 Å². The van der Waals surface area contributed by atoms with Crippen LogP contribution in [0, 0.1) is 23.7 Å². The second-order valence-electron chi connectivity index (χ2n) is 6.14. The monoisotopic (exact) mass is 287 g/mol. The van der Waals surface area contributed by atoms with Gasteiger partial charge in [-0.05, 0) is 30.9 Å². The van der Waals surface area contributed by atoms with Crippen LogP contribution in [0.4, 0.5) is 5.69 Å². The van der Waals surface area contributed by atoms with Gasteiger partial charge < -0.3 is 14.8 Å². The number of ether oxygens (including phenoxy) is 2. The Kier molecular flexibility index (Phi) is 2.71. The van der Waals surface area contributed by atoms with Crippen molar-refractivity contribution in [2.45, 2.75) is 18.9 Å². The van der Waals surface area contributed by atoms with Gasteiger partial charge in [-0.1, -0.05) is 6.07 Å². The Hall–Kier alpha value is -2.04. The molecule has 1 aliphatic heterocycles. The molecule has 1 heterocycles. The number of hydrogen-bond donors (Lipinski definition) is 1. The number of benzene rings is 1. The molecule has 0 unspecified atom stereocenters. The second kappa shape index (κ2) is 4.48. The summed E-state index contributed by atoms with van der Waals surface area (Å²) in [5.74, 6) is 0.493. The first kappa shape index (κ1) is 12.7. The minimum absolute atomic E-state index is 0.0633. The van der Waals surface area contributed by atoms with Crippen LogP contribution >= 0.6 is 0 Å². The van der Waals surface area contributed by atoms with Crippen molar-refractivity contribution in [3.8, 4) is 5.75 Å². The van der Waals surface area contributed by atoms with E-state index in [1.807, 2.05) is 18.2 Å². The van der Waals surface area contributed by atoms with Gasteiger partial charge in [0, 0.05) is 17.7 Å². The van der Waals surface area contributed by atoms with Gasteiger partial charge in [0.05, 0.1) is 18.9 Å². The van der Waals surface area contributed by atoms with E-state index in [-0.39, 0.29) is 41.7 Å². The van der Waals surface area contributed by atoms with E-state index in [4.69, 9.17) is 9.47 Å². The maximum Gasteiger partial charge on any atom is 0.310 e. The van der Waals surface area contributed by atoms with Gasteiger partial charge in [0.15, 0.2) is 0 Å². The molecule has 5 heteroatoms. The largest absolute Gasteiger partial charge is 0.497 e. The molecule has 110 valence electrons. The Balaban J connectivity index is 1.54. The highest BCUT2D eigenvalue weighted by Crippen LogP contribution is 2.57. The summed E-state index contributed by atoms with van der Waals surface area (Å²) in [4.78, 5) is 24.5. The van der Waals surface area contributed by atoms with E-state index < -0.39 is 0 Å². The van der Waals surface area contributed by atoms with E-state index in [9.17, 15) is 9.59 Å². The summed E-state index contributed by atoms with van der Waals surface area (Å²) in [6.45, 7) is 0. The van der Waals surface area contributed by atoms with Crippen LogP contribution < -0.4 is 10.1 Å². The third-order valence-electron chi connectivity index (χ3n) is 5.12. The molecule has 5 nitrogen and oxygen atoms in total. The number of nitrogens with one attached hydrogen (secondary N) is 1. The first-order chi connectivity index (χ1) is 10.2. The molecule has 0 spiro atoms. The SMILES string of the molecule is COc1cccc(NC(=O)[C@@H]2[C@@H]3C[C@@H]4[C@H]2C(=O)O[C@H]4C3)c1. The smallest absolute Gasteiger partial charge is 0.310 e. The molecule has 2 aliphatic carbocycles. The Morgan fingerprint density at radius 2 is 2.24 bits per heavy atom. The van der Waals surface area contributed by atoms with Gasteiger partial charge in [-0.2, -0.15) is 0 Å². The molecule has 0 aromatic heterocycles. The molecule has 3 fully saturated rings. The molecular weight excluding hydrogens is 270 g/mol. The minimum atomic E-state index is -0.243. The number of esters is 1. The lowest BCUT2D eigenvalue weighted by Gasteiger charge is -2.23. The quantitative estimate of drug-likeness (QED) is 0.861. The van der Waals surface area contributed by atoms with Gasteiger partial charge in [0.2, 0.25) is 5.91 Å². The predicted molar refractivity (Wildman–Crippen MR) is 74.7 cm³/mol. The zero-order chi connectivity index (χ0) is 14.6. The van der Waals surface area contributed by atoms with Gasteiger partial charge in [-0.15, -0.1) is 0 Å². The molecule has 1 N–H and O–H groups in total. The van der Waals surface area contributed by atoms with Crippen LogP contribution in [-0.2, 0) is 14.3 Å². The van der Waals surface area contributed by atoms with Crippen molar-refractivity contribution in [2.24, 2.45) is 23.7 Å². The third kappa shape index (κ3) is 1.83. The molecule has 21 heavy (non-hydrogen) atoms. The number of rotatable bonds is 3. The molecule has 1 saturated heterocycles. The average molecular weight is 287 g/mol. The van der Waals surface area contributed by atoms with Crippen LogP contribution in [0.15, 0.2) is 24.3 Å². The first-order valence-corrected chi connectivity index (χ1v) is 7.33. The van der Waals surface area contributed by atoms with Crippen molar-refractivity contribution in [1.29, 1.82) is 0 Å². The zero-order valence-electron chi connectivity index (χ0n) is 11.7. The molecule has 4 rings (SSSR count). The van der Waals surface area contributed by atoms with Crippen LogP contribution in [-0.4, -0.2) is 25.1 Å². The van der Waals surface area contributed by atoms with Crippen LogP contribution in [0.3, 0.4) is 0 Å². The van der Waals surface area contributed by atoms with Gasteiger partial charge >= 0.3 is 5.97 Å². The standard InChI is InChI=1S/C16H17NO4/c1-20-10-4-2-3-9(7-10)17-15(18)13-8-5-11-12(6-8)21-16(19)14(11)13/h2-4,7-8,11-14H,5-6H2,1H3,(H,17,18)/t8-,11+,12+,13-,14-/m1/s1. The Morgan fingerprint density at radius 3 is 3.05 bits per heavy atom. The van der Waals surface area contributed by atoms with Crippen molar-refractivity contribution in [3.63, 3.8) is 0 Å². The van der Waals surface area contributed by atoms with Gasteiger partial charge in [0.1, 0.15) is 11.9 Å². The maximum atomic E-state index is 12.6. The summed E-state index contributed by atoms with van der Waals surface area (Å²) in [5, 5.41) is 2.92. The van der Waals surface area contributed by atoms with Crippen molar-refractivity contribution >= 4 is 17.6 Å². The zero-order valence-corrected chi connectivity index (χ0v) is 11.7. The molecule has 1 aromatic rings. The molecular formula is C16H17NO4. The Bertz CT molecular complexity index is 612. The number of anilines is 1. The fraction of sp³-hybridized carbons (Fsp3) is 0.500. The summed E-state index contributed by atoms with van der Waals surface area (Å²) in [5.41, 5.74) is 0.699. The average Bonchev–Trinajstić information content (AvgIpc) is 3.08. The number of amides is 1. The summed E-state index contributed by atoms with van der Waals surface area (Å²) in [7, 11) is 1.59. The molecule has 0 radical (unpaired) electrons. The van der Waals surface area contributed by atoms with E-state index in [1.54, 1.807) is 13.2 Å². The third-order valence-corrected chi connectivity index (χ3v) is 5.12. The summed E-state index contributed by atoms with van der Waals surface area (Å²) >= 11 is 0. The van der Waals surface area contributed by atoms with E-state index in [0.717, 1.165) is 12.8 Å². The summed E-state index contributed by atoms with van der Waals surface area (Å²) in [6.07, 6.45) is 1.84. The van der Waals surface area contributed by atoms with Crippen molar-refractivity contribution in [3.05, 3.63) is 24.3 Å². The van der Waals surface area contributed by atoms with Gasteiger partial charge in [-0.3, -0.25) is 9.59 Å². The first-order valence-electron chi connectivity index (χ1n) is 7.33. The highest BCUT2D eigenvalue weighted by atomic mass is 16.6. The molecule has 5 atom stereocenters. The van der Waals surface area contributed by atoms with Crippen LogP contribution in [0.2, 0.25) is 0 Å². The van der Waals surface area contributed by atoms with Crippen LogP contribution in [0.5, 0.6) is 5.75 Å². The minimum Gasteiger partial charge on any atom is -0.497 e. The highest BCUT2D eigenvalue weighted by Gasteiger charge is 2.63. The van der Waals surface area contributed by atoms with Crippen molar-refractivity contribution in [2.75, 3.05) is 12.4 Å². The van der Waals surface area contributed by atoms with Crippen LogP contribution in [0.25, 0.3) is 0 Å². The van der Waals surface area contributed by atoms with Crippen molar-refractivity contribution in [1.82, 2.24) is 0 Å². The molecule has 2 bridgehead atoms. The number of methoxy groups -OCH3 is 1. The predicted octanol–water partition coefficient (Wildman–Crippen LogP) is 1.83. The molecule has 3 aliphatic rings. The van der Waals surface area contributed by atoms with Gasteiger partial charge in [0.25, 0.3) is 0 Å². The lowest BCUT2D eigenvalue weighted by Crippen LogP contribution is -2.35. The van der Waals surface area contributed by atoms with E-state index in [1.165, 1.54) is 0 Å². The number of carbonyl (C=O) groups excluding carboxylic acids is 2. The number of fused-ring (bicyclic) bond motifs is 1. The maximum absolute atomic E-state index is 12.6. The molecule has 2 saturated carbocycles. The van der Waals surface area contributed by atoms with E-state index in [2.05, 4.69) is 5.32 Å². The highest BCUT2D eigenvalue weighted by molar-refractivity contribution is 5.97. The Labute approximate surface area is 122 Å². The number of hydrogen-bond acceptors (Lipinski definition) is 4. The van der Waals surface area contributed by atoms with Crippen LogP contribution in [0.1, 0.15) is 12.8 Å². The van der Waals surface area contributed by atoms with Gasteiger partial charge in [-0.25, -0.2) is 0 Å². The lowest BCUT2D eigenvalue weighted by atomic mass is 9.79. The summed E-state index contributed by atoms with van der Waals surface area (Å²) < 4.78 is 10.5. The molecule has 1 aromatic carbocycles. The topological polar surface area (TPSA) is 64.6 Å². The number of carbonyl (C=O) groups is 2. The van der Waals surface area contributed by atoms with Crippen molar-refractivity contribution < 1.29 is 19.1 Å². The fourth-order valence-corrected chi connectivity index (χ4v) is 4.29.